The molecule has 1 fully saturated rings. The van der Waals surface area contributed by atoms with Gasteiger partial charge in [0.15, 0.2) is 0 Å². The zero-order chi connectivity index (χ0) is 16.1. The maximum atomic E-state index is 13.0. The van der Waals surface area contributed by atoms with Gasteiger partial charge in [-0.05, 0) is 54.0 Å². The third kappa shape index (κ3) is 4.20. The van der Waals surface area contributed by atoms with Gasteiger partial charge in [0.1, 0.15) is 5.82 Å². The molecule has 2 heteroatoms. The van der Waals surface area contributed by atoms with Crippen LogP contribution in [0.2, 0.25) is 0 Å². The summed E-state index contributed by atoms with van der Waals surface area (Å²) < 4.78 is 19.1. The van der Waals surface area contributed by atoms with Crippen molar-refractivity contribution in [2.24, 2.45) is 5.92 Å². The Morgan fingerprint density at radius 3 is 2.17 bits per heavy atom. The number of hydrogen-bond acceptors (Lipinski definition) is 1. The van der Waals surface area contributed by atoms with Crippen LogP contribution in [-0.2, 0) is 4.74 Å². The van der Waals surface area contributed by atoms with Crippen molar-refractivity contribution in [3.05, 3.63) is 59.9 Å². The van der Waals surface area contributed by atoms with E-state index in [1.54, 1.807) is 0 Å². The maximum absolute atomic E-state index is 13.0. The van der Waals surface area contributed by atoms with Gasteiger partial charge in [-0.2, -0.15) is 0 Å². The topological polar surface area (TPSA) is 9.23 Å². The van der Waals surface area contributed by atoms with E-state index < -0.39 is 0 Å². The lowest BCUT2D eigenvalue weighted by Crippen LogP contribution is -2.20. The average Bonchev–Trinajstić information content (AvgIpc) is 2.61. The molecule has 2 aromatic carbocycles. The molecular weight excluding hydrogens is 287 g/mol. The highest BCUT2D eigenvalue weighted by molar-refractivity contribution is 5.63. The zero-order valence-electron chi connectivity index (χ0n) is 13.8. The Balaban J connectivity index is 1.61. The summed E-state index contributed by atoms with van der Waals surface area (Å²) in [7, 11) is 0. The van der Waals surface area contributed by atoms with Crippen molar-refractivity contribution in [3.8, 4) is 11.1 Å². The van der Waals surface area contributed by atoms with E-state index in [2.05, 4.69) is 31.2 Å². The second-order valence-corrected chi connectivity index (χ2v) is 6.54. The molecule has 1 nitrogen and oxygen atoms in total. The van der Waals surface area contributed by atoms with Gasteiger partial charge < -0.3 is 4.74 Å². The van der Waals surface area contributed by atoms with Crippen LogP contribution in [0.25, 0.3) is 11.1 Å². The second kappa shape index (κ2) is 7.74. The Labute approximate surface area is 138 Å². The minimum absolute atomic E-state index is 0.196. The Bertz CT molecular complexity index is 595. The van der Waals surface area contributed by atoms with Crippen LogP contribution < -0.4 is 0 Å². The molecule has 1 saturated heterocycles. The summed E-state index contributed by atoms with van der Waals surface area (Å²) in [5, 5.41) is 0. The van der Waals surface area contributed by atoms with E-state index in [9.17, 15) is 4.39 Å². The van der Waals surface area contributed by atoms with Crippen LogP contribution in [0.5, 0.6) is 0 Å². The molecular formula is C21H25FO. The SMILES string of the molecule is CCCCC1CCC(c2ccc(-c3ccc(F)cc3)cc2)OC1. The van der Waals surface area contributed by atoms with Crippen LogP contribution in [0.1, 0.15) is 50.7 Å². The van der Waals surface area contributed by atoms with Crippen molar-refractivity contribution in [2.75, 3.05) is 6.61 Å². The average molecular weight is 312 g/mol. The van der Waals surface area contributed by atoms with Gasteiger partial charge in [0, 0.05) is 0 Å². The molecule has 0 amide bonds. The first-order valence-electron chi connectivity index (χ1n) is 8.73. The van der Waals surface area contributed by atoms with Crippen LogP contribution in [-0.4, -0.2) is 6.61 Å². The molecule has 2 unspecified atom stereocenters. The molecule has 0 aromatic heterocycles. The fraction of sp³-hybridized carbons (Fsp3) is 0.429. The molecule has 23 heavy (non-hydrogen) atoms. The highest BCUT2D eigenvalue weighted by Gasteiger charge is 2.22. The first-order chi connectivity index (χ1) is 11.3. The molecule has 0 bridgehead atoms. The number of halogens is 1. The minimum Gasteiger partial charge on any atom is -0.373 e. The molecule has 1 heterocycles. The van der Waals surface area contributed by atoms with E-state index in [0.717, 1.165) is 30.1 Å². The molecule has 0 saturated carbocycles. The smallest absolute Gasteiger partial charge is 0.123 e. The van der Waals surface area contributed by atoms with Crippen molar-refractivity contribution in [1.82, 2.24) is 0 Å². The number of unbranched alkanes of at least 4 members (excludes halogenated alkanes) is 1. The van der Waals surface area contributed by atoms with E-state index in [1.807, 2.05) is 12.1 Å². The van der Waals surface area contributed by atoms with Crippen LogP contribution in [0, 0.1) is 11.7 Å². The third-order valence-corrected chi connectivity index (χ3v) is 4.80. The van der Waals surface area contributed by atoms with Crippen LogP contribution >= 0.6 is 0 Å². The van der Waals surface area contributed by atoms with Crippen LogP contribution in [0.15, 0.2) is 48.5 Å². The standard InChI is InChI=1S/C21H25FO/c1-2-3-4-16-5-14-21(23-15-16)19-8-6-17(7-9-19)18-10-12-20(22)13-11-18/h6-13,16,21H,2-5,14-15H2,1H3. The van der Waals surface area contributed by atoms with Gasteiger partial charge in [0.2, 0.25) is 0 Å². The highest BCUT2D eigenvalue weighted by atomic mass is 19.1. The summed E-state index contributed by atoms with van der Waals surface area (Å²) in [5.41, 5.74) is 3.41. The summed E-state index contributed by atoms with van der Waals surface area (Å²) >= 11 is 0. The van der Waals surface area contributed by atoms with Crippen molar-refractivity contribution in [3.63, 3.8) is 0 Å². The Morgan fingerprint density at radius 1 is 0.957 bits per heavy atom. The van der Waals surface area contributed by atoms with E-state index in [4.69, 9.17) is 4.74 Å². The predicted octanol–water partition coefficient (Wildman–Crippen LogP) is 6.15. The molecule has 0 N–H and O–H groups in total. The van der Waals surface area contributed by atoms with Gasteiger partial charge in [-0.15, -0.1) is 0 Å². The van der Waals surface area contributed by atoms with Crippen molar-refractivity contribution in [1.29, 1.82) is 0 Å². The fourth-order valence-electron chi connectivity index (χ4n) is 3.32. The van der Waals surface area contributed by atoms with Gasteiger partial charge in [-0.3, -0.25) is 0 Å². The first-order valence-corrected chi connectivity index (χ1v) is 8.73. The maximum Gasteiger partial charge on any atom is 0.123 e. The molecule has 122 valence electrons. The van der Waals surface area contributed by atoms with Gasteiger partial charge >= 0.3 is 0 Å². The summed E-state index contributed by atoms with van der Waals surface area (Å²) in [6.07, 6.45) is 6.49. The van der Waals surface area contributed by atoms with Gasteiger partial charge in [-0.25, -0.2) is 4.39 Å². The second-order valence-electron chi connectivity index (χ2n) is 6.54. The molecule has 0 radical (unpaired) electrons. The quantitative estimate of drug-likeness (QED) is 0.643. The first kappa shape index (κ1) is 16.2. The van der Waals surface area contributed by atoms with Gasteiger partial charge in [0.05, 0.1) is 12.7 Å². The minimum atomic E-state index is -0.196. The third-order valence-electron chi connectivity index (χ3n) is 4.80. The number of hydrogen-bond donors (Lipinski definition) is 0. The highest BCUT2D eigenvalue weighted by Crippen LogP contribution is 2.33. The number of ether oxygens (including phenoxy) is 1. The summed E-state index contributed by atoms with van der Waals surface area (Å²) in [5.74, 6) is 0.545. The van der Waals surface area contributed by atoms with E-state index in [-0.39, 0.29) is 11.9 Å². The summed E-state index contributed by atoms with van der Waals surface area (Å²) in [6.45, 7) is 3.14. The van der Waals surface area contributed by atoms with Gasteiger partial charge in [-0.1, -0.05) is 56.2 Å². The van der Waals surface area contributed by atoms with E-state index in [0.29, 0.717) is 0 Å². The lowest BCUT2D eigenvalue weighted by molar-refractivity contribution is -0.0197. The van der Waals surface area contributed by atoms with Gasteiger partial charge in [0.25, 0.3) is 0 Å². The molecule has 2 aromatic rings. The van der Waals surface area contributed by atoms with Crippen molar-refractivity contribution in [2.45, 2.75) is 45.1 Å². The lowest BCUT2D eigenvalue weighted by atomic mass is 9.91. The summed E-state index contributed by atoms with van der Waals surface area (Å²) in [6, 6.07) is 15.2. The Hall–Kier alpha value is -1.67. The van der Waals surface area contributed by atoms with E-state index >= 15 is 0 Å². The monoisotopic (exact) mass is 312 g/mol. The molecule has 1 aliphatic rings. The zero-order valence-corrected chi connectivity index (χ0v) is 13.8. The lowest BCUT2D eigenvalue weighted by Gasteiger charge is -2.29. The van der Waals surface area contributed by atoms with Crippen LogP contribution in [0.3, 0.4) is 0 Å². The molecule has 2 atom stereocenters. The molecule has 1 aliphatic heterocycles. The van der Waals surface area contributed by atoms with E-state index in [1.165, 1.54) is 43.4 Å². The van der Waals surface area contributed by atoms with Crippen molar-refractivity contribution >= 4 is 0 Å². The Morgan fingerprint density at radius 2 is 1.61 bits per heavy atom. The fourth-order valence-corrected chi connectivity index (χ4v) is 3.32. The molecule has 0 spiro atoms. The molecule has 3 rings (SSSR count). The largest absolute Gasteiger partial charge is 0.373 e. The van der Waals surface area contributed by atoms with Crippen molar-refractivity contribution < 1.29 is 9.13 Å². The number of rotatable bonds is 5. The van der Waals surface area contributed by atoms with Crippen LogP contribution in [0.4, 0.5) is 4.39 Å². The Kier molecular flexibility index (Phi) is 5.45. The summed E-state index contributed by atoms with van der Waals surface area (Å²) in [4.78, 5) is 0. The predicted molar refractivity (Wildman–Crippen MR) is 92.8 cm³/mol. The number of benzene rings is 2. The normalized spacial score (nSPS) is 21.3. The molecule has 0 aliphatic carbocycles.